The maximum absolute atomic E-state index is 12.5. The van der Waals surface area contributed by atoms with Gasteiger partial charge in [-0.3, -0.25) is 4.79 Å². The van der Waals surface area contributed by atoms with Gasteiger partial charge in [0.25, 0.3) is 5.91 Å². The Hall–Kier alpha value is -1.78. The lowest BCUT2D eigenvalue weighted by atomic mass is 10.2. The summed E-state index contributed by atoms with van der Waals surface area (Å²) in [6, 6.07) is 9.04. The van der Waals surface area contributed by atoms with Crippen LogP contribution in [0, 0.1) is 0 Å². The van der Waals surface area contributed by atoms with Gasteiger partial charge in [-0.1, -0.05) is 35.3 Å². The van der Waals surface area contributed by atoms with Crippen LogP contribution in [0.25, 0.3) is 0 Å². The predicted octanol–water partition coefficient (Wildman–Crippen LogP) is 3.70. The molecule has 0 aliphatic carbocycles. The minimum absolute atomic E-state index is 0.168. The summed E-state index contributed by atoms with van der Waals surface area (Å²) < 4.78 is 0. The number of nitrogens with zero attached hydrogens (tertiary/aromatic N) is 2. The number of rotatable bonds is 4. The number of amides is 1. The Morgan fingerprint density at radius 2 is 2.10 bits per heavy atom. The van der Waals surface area contributed by atoms with Crippen LogP contribution in [-0.2, 0) is 6.54 Å². The van der Waals surface area contributed by atoms with Crippen LogP contribution >= 0.6 is 23.2 Å². The van der Waals surface area contributed by atoms with Gasteiger partial charge in [-0.05, 0) is 23.8 Å². The summed E-state index contributed by atoms with van der Waals surface area (Å²) in [4.78, 5) is 18.1. The van der Waals surface area contributed by atoms with Gasteiger partial charge in [0.1, 0.15) is 5.82 Å². The van der Waals surface area contributed by atoms with Crippen molar-refractivity contribution in [3.63, 3.8) is 0 Å². The summed E-state index contributed by atoms with van der Waals surface area (Å²) in [6.07, 6.45) is 1.47. The van der Waals surface area contributed by atoms with E-state index in [4.69, 9.17) is 23.2 Å². The number of halogens is 2. The van der Waals surface area contributed by atoms with Crippen molar-refractivity contribution in [1.82, 2.24) is 9.88 Å². The zero-order valence-corrected chi connectivity index (χ0v) is 13.2. The molecule has 0 radical (unpaired) electrons. The molecule has 1 heterocycles. The van der Waals surface area contributed by atoms with E-state index >= 15 is 0 Å². The number of pyridine rings is 1. The van der Waals surface area contributed by atoms with Gasteiger partial charge in [-0.15, -0.1) is 0 Å². The summed E-state index contributed by atoms with van der Waals surface area (Å²) in [6.45, 7) is 0.451. The average molecular weight is 324 g/mol. The number of carbonyl (C=O) groups excluding carboxylic acids is 1. The monoisotopic (exact) mass is 323 g/mol. The van der Waals surface area contributed by atoms with Crippen LogP contribution in [0.3, 0.4) is 0 Å². The van der Waals surface area contributed by atoms with E-state index in [0.717, 1.165) is 5.56 Å². The minimum Gasteiger partial charge on any atom is -0.373 e. The number of nitrogens with one attached hydrogen (secondary N) is 1. The van der Waals surface area contributed by atoms with Crippen LogP contribution in [0.1, 0.15) is 15.9 Å². The largest absolute Gasteiger partial charge is 0.373 e. The van der Waals surface area contributed by atoms with Crippen molar-refractivity contribution in [3.05, 3.63) is 57.7 Å². The third kappa shape index (κ3) is 3.86. The first-order valence-electron chi connectivity index (χ1n) is 6.34. The quantitative estimate of drug-likeness (QED) is 0.933. The topological polar surface area (TPSA) is 45.2 Å². The highest BCUT2D eigenvalue weighted by Crippen LogP contribution is 2.20. The normalized spacial score (nSPS) is 10.3. The molecule has 1 aromatic heterocycles. The number of hydrogen-bond acceptors (Lipinski definition) is 3. The molecule has 21 heavy (non-hydrogen) atoms. The molecular weight excluding hydrogens is 309 g/mol. The Bertz CT molecular complexity index is 661. The van der Waals surface area contributed by atoms with E-state index in [-0.39, 0.29) is 5.91 Å². The Kier molecular flexibility index (Phi) is 5.04. The number of carbonyl (C=O) groups is 1. The zero-order valence-electron chi connectivity index (χ0n) is 11.7. The van der Waals surface area contributed by atoms with Crippen LogP contribution < -0.4 is 5.32 Å². The molecule has 110 valence electrons. The zero-order chi connectivity index (χ0) is 15.4. The molecule has 0 atom stereocenters. The summed E-state index contributed by atoms with van der Waals surface area (Å²) in [5.74, 6) is 0.429. The fourth-order valence-corrected chi connectivity index (χ4v) is 2.32. The molecule has 1 N–H and O–H groups in total. The summed E-state index contributed by atoms with van der Waals surface area (Å²) in [5.41, 5.74) is 1.37. The lowest BCUT2D eigenvalue weighted by Crippen LogP contribution is -2.26. The Balaban J connectivity index is 2.19. The lowest BCUT2D eigenvalue weighted by Gasteiger charge is -2.18. The van der Waals surface area contributed by atoms with Gasteiger partial charge < -0.3 is 10.2 Å². The van der Waals surface area contributed by atoms with Crippen molar-refractivity contribution in [3.8, 4) is 0 Å². The van der Waals surface area contributed by atoms with Gasteiger partial charge in [-0.25, -0.2) is 4.98 Å². The van der Waals surface area contributed by atoms with E-state index in [0.29, 0.717) is 28.0 Å². The number of benzene rings is 1. The number of anilines is 1. The second-order valence-electron chi connectivity index (χ2n) is 4.59. The van der Waals surface area contributed by atoms with Gasteiger partial charge in [0, 0.05) is 31.9 Å². The fraction of sp³-hybridized carbons (Fsp3) is 0.200. The van der Waals surface area contributed by atoms with E-state index in [1.807, 2.05) is 18.2 Å². The van der Waals surface area contributed by atoms with Crippen molar-refractivity contribution in [1.29, 1.82) is 0 Å². The minimum atomic E-state index is -0.168. The highest BCUT2D eigenvalue weighted by Gasteiger charge is 2.16. The van der Waals surface area contributed by atoms with Crippen molar-refractivity contribution >= 4 is 34.9 Å². The number of aromatic nitrogens is 1. The molecule has 0 bridgehead atoms. The maximum Gasteiger partial charge on any atom is 0.255 e. The molecule has 0 aliphatic rings. The van der Waals surface area contributed by atoms with Gasteiger partial charge in [0.15, 0.2) is 0 Å². The highest BCUT2D eigenvalue weighted by molar-refractivity contribution is 6.33. The van der Waals surface area contributed by atoms with Crippen LogP contribution in [0.4, 0.5) is 5.82 Å². The average Bonchev–Trinajstić information content (AvgIpc) is 2.47. The smallest absolute Gasteiger partial charge is 0.255 e. The molecule has 0 saturated heterocycles. The Morgan fingerprint density at radius 3 is 2.76 bits per heavy atom. The van der Waals surface area contributed by atoms with E-state index in [9.17, 15) is 4.79 Å². The molecule has 0 unspecified atom stereocenters. The lowest BCUT2D eigenvalue weighted by molar-refractivity contribution is 0.0785. The van der Waals surface area contributed by atoms with E-state index in [1.165, 1.54) is 6.20 Å². The molecule has 1 aromatic carbocycles. The van der Waals surface area contributed by atoms with Crippen molar-refractivity contribution in [2.45, 2.75) is 6.54 Å². The van der Waals surface area contributed by atoms with Gasteiger partial charge in [0.05, 0.1) is 10.6 Å². The second kappa shape index (κ2) is 6.78. The van der Waals surface area contributed by atoms with Crippen LogP contribution in [0.15, 0.2) is 36.5 Å². The molecule has 0 spiro atoms. The molecule has 4 nitrogen and oxygen atoms in total. The first kappa shape index (κ1) is 15.6. The molecular formula is C15H15Cl2N3O. The summed E-state index contributed by atoms with van der Waals surface area (Å²) in [5, 5.41) is 3.86. The van der Waals surface area contributed by atoms with E-state index in [2.05, 4.69) is 10.3 Å². The molecule has 0 aliphatic heterocycles. The first-order chi connectivity index (χ1) is 10.0. The van der Waals surface area contributed by atoms with E-state index in [1.54, 1.807) is 31.1 Å². The molecule has 2 rings (SSSR count). The van der Waals surface area contributed by atoms with Gasteiger partial charge in [0.2, 0.25) is 0 Å². The molecule has 0 saturated carbocycles. The standard InChI is InChI=1S/C15H15Cl2N3O/c1-18-14-7-12(13(17)8-19-14)15(21)20(2)9-10-4-3-5-11(16)6-10/h3-8H,9H2,1-2H3,(H,18,19). The van der Waals surface area contributed by atoms with Crippen molar-refractivity contribution in [2.75, 3.05) is 19.4 Å². The van der Waals surface area contributed by atoms with Crippen LogP contribution in [0.5, 0.6) is 0 Å². The summed E-state index contributed by atoms with van der Waals surface area (Å²) in [7, 11) is 3.46. The predicted molar refractivity (Wildman–Crippen MR) is 86.0 cm³/mol. The molecule has 2 aromatic rings. The number of hydrogen-bond donors (Lipinski definition) is 1. The maximum atomic E-state index is 12.5. The van der Waals surface area contributed by atoms with Gasteiger partial charge in [-0.2, -0.15) is 0 Å². The van der Waals surface area contributed by atoms with Crippen molar-refractivity contribution < 1.29 is 4.79 Å². The van der Waals surface area contributed by atoms with Crippen LogP contribution in [0.2, 0.25) is 10.0 Å². The fourth-order valence-electron chi connectivity index (χ4n) is 1.93. The molecule has 6 heteroatoms. The summed E-state index contributed by atoms with van der Waals surface area (Å²) >= 11 is 12.0. The second-order valence-corrected chi connectivity index (χ2v) is 5.43. The Morgan fingerprint density at radius 1 is 1.33 bits per heavy atom. The molecule has 0 fully saturated rings. The van der Waals surface area contributed by atoms with Crippen molar-refractivity contribution in [2.24, 2.45) is 0 Å². The van der Waals surface area contributed by atoms with E-state index < -0.39 is 0 Å². The Labute approximate surface area is 133 Å². The highest BCUT2D eigenvalue weighted by atomic mass is 35.5. The third-order valence-corrected chi connectivity index (χ3v) is 3.53. The third-order valence-electron chi connectivity index (χ3n) is 3.00. The first-order valence-corrected chi connectivity index (χ1v) is 7.10. The van der Waals surface area contributed by atoms with Gasteiger partial charge >= 0.3 is 0 Å². The van der Waals surface area contributed by atoms with Crippen LogP contribution in [-0.4, -0.2) is 29.9 Å². The SMILES string of the molecule is CNc1cc(C(=O)N(C)Cc2cccc(Cl)c2)c(Cl)cn1. The molecule has 1 amide bonds.